The van der Waals surface area contributed by atoms with Gasteiger partial charge in [0, 0.05) is 90.8 Å². The first kappa shape index (κ1) is 103. The van der Waals surface area contributed by atoms with E-state index in [-0.39, 0.29) is 66.7 Å². The average molecular weight is 2030 g/mol. The molecule has 0 bridgehead atoms. The van der Waals surface area contributed by atoms with Crippen molar-refractivity contribution < 1.29 is 35.1 Å². The maximum absolute atomic E-state index is 17.3. The fourth-order valence-electron chi connectivity index (χ4n) is 20.7. The topological polar surface area (TPSA) is 13.0 Å². The van der Waals surface area contributed by atoms with E-state index >= 15 is 35.1 Å². The molecule has 148 heavy (non-hydrogen) atoms. The number of nitrogens with zero attached hydrogens (tertiary/aromatic N) is 4. The molecule has 0 unspecified atom stereocenters. The van der Waals surface area contributed by atoms with E-state index in [1.807, 2.05) is 214 Å². The molecule has 0 aliphatic rings. The standard InChI is InChI=1S/2C66H64F4N2Si2/c1-65(2,3)45-21-13-41(14-22-45)53-37-57(69)61(39-55(53)67)71(47-25-29-49(30-26-47)73(7,8)9)59-35-19-43-18-34-52-60(36-20-44-17-33-51(59)63(43)64(44)52)72(48-27-31-50(32-28-48)74(10,11)12)62-40-56(68)54(38-58(62)70)42-15-23-46(24-16-42)66(4,5)6;1-65(2,3)45-17-13-15-43(35-45)53-37-57(69)61(39-55(53)67)71(47-23-27-49(28-24-47)73(7,8)9)59-33-21-41-20-32-52-60(34-22-42-19-31-51(59)63(41)64(42)52)72(48-25-29-50(30-26-48)74(10,11)12)62-40-56(68)54(38-58(62)70)44-16-14-18-46(36-44)66(4,5)6/h2*13-40H,1-12H3. The lowest BCUT2D eigenvalue weighted by atomic mass is 9.85. The van der Waals surface area contributed by atoms with Gasteiger partial charge in [-0.25, -0.2) is 35.1 Å². The summed E-state index contributed by atoms with van der Waals surface area (Å²) >= 11 is 0. The van der Waals surface area contributed by atoms with E-state index in [1.54, 1.807) is 0 Å². The van der Waals surface area contributed by atoms with E-state index in [2.05, 4.69) is 259 Å². The molecule has 0 N–H and O–H groups in total. The highest BCUT2D eigenvalue weighted by atomic mass is 28.3. The van der Waals surface area contributed by atoms with Crippen LogP contribution in [-0.4, -0.2) is 32.3 Å². The highest BCUT2D eigenvalue weighted by molar-refractivity contribution is 6.90. The van der Waals surface area contributed by atoms with Crippen LogP contribution in [0.4, 0.5) is 103 Å². The Hall–Kier alpha value is -14.0. The van der Waals surface area contributed by atoms with Crippen molar-refractivity contribution in [1.82, 2.24) is 0 Å². The SMILES string of the molecule is CC(C)(C)c1ccc(-c2cc(F)c(N(c3ccc([Si](C)(C)C)cc3)c3ccc4ccc5c(N(c6ccc([Si](C)(C)C)cc6)c6cc(F)c(-c7ccc(C(C)(C)C)cc7)cc6F)ccc6ccc3c4c65)cc2F)cc1.CC(C)(C)c1cccc(-c2cc(F)c(N(c3ccc([Si](C)(C)C)cc3)c3ccc4ccc5c(N(c6ccc([Si](C)(C)C)cc6)c6cc(F)c(-c7cccc(C(C)(C)C)c7)cc6F)ccc6ccc3c4c65)cc2F)c1. The second-order valence-electron chi connectivity index (χ2n) is 48.2. The number of hydrogen-bond acceptors (Lipinski definition) is 4. The van der Waals surface area contributed by atoms with Crippen LogP contribution in [0.1, 0.15) is 105 Å². The molecule has 16 heteroatoms. The van der Waals surface area contributed by atoms with Gasteiger partial charge in [-0.05, 0) is 206 Å². The minimum absolute atomic E-state index is 0.0769. The predicted molar refractivity (Wildman–Crippen MR) is 627 cm³/mol. The van der Waals surface area contributed by atoms with E-state index in [9.17, 15) is 0 Å². The van der Waals surface area contributed by atoms with Gasteiger partial charge in [-0.2, -0.15) is 0 Å². The molecular formula is C132H128F8N4Si4. The molecule has 20 rings (SSSR count). The first-order chi connectivity index (χ1) is 69.7. The molecule has 0 spiro atoms. The number of hydrogen-bond donors (Lipinski definition) is 0. The molecule has 0 radical (unpaired) electrons. The lowest BCUT2D eigenvalue weighted by Crippen LogP contribution is -2.37. The van der Waals surface area contributed by atoms with Crippen molar-refractivity contribution in [2.75, 3.05) is 19.6 Å². The summed E-state index contributed by atoms with van der Waals surface area (Å²) in [5.41, 5.74) is 12.5. The lowest BCUT2D eigenvalue weighted by molar-refractivity contribution is 0.589. The van der Waals surface area contributed by atoms with Gasteiger partial charge in [0.25, 0.3) is 0 Å². The molecule has 0 saturated carbocycles. The lowest BCUT2D eigenvalue weighted by Gasteiger charge is -2.30. The smallest absolute Gasteiger partial charge is 0.148 e. The predicted octanol–water partition coefficient (Wildman–Crippen LogP) is 38.2. The van der Waals surface area contributed by atoms with Crippen LogP contribution in [0.5, 0.6) is 0 Å². The van der Waals surface area contributed by atoms with Crippen molar-refractivity contribution in [2.24, 2.45) is 0 Å². The van der Waals surface area contributed by atoms with Crippen LogP contribution in [0.25, 0.3) is 109 Å². The average Bonchev–Trinajstić information content (AvgIpc) is 0.717. The summed E-state index contributed by atoms with van der Waals surface area (Å²) in [7, 11) is -6.91. The Balaban J connectivity index is 0.000000186. The van der Waals surface area contributed by atoms with E-state index in [4.69, 9.17) is 0 Å². The molecule has 0 amide bonds. The van der Waals surface area contributed by atoms with Crippen molar-refractivity contribution in [3.05, 3.63) is 409 Å². The first-order valence-corrected chi connectivity index (χ1v) is 65.2. The van der Waals surface area contributed by atoms with Crippen molar-refractivity contribution in [3.63, 3.8) is 0 Å². The highest BCUT2D eigenvalue weighted by Crippen LogP contribution is 2.54. The van der Waals surface area contributed by atoms with Crippen LogP contribution in [0, 0.1) is 46.5 Å². The van der Waals surface area contributed by atoms with Gasteiger partial charge < -0.3 is 19.6 Å². The van der Waals surface area contributed by atoms with Crippen LogP contribution in [-0.2, 0) is 21.7 Å². The fourth-order valence-corrected chi connectivity index (χ4v) is 25.4. The first-order valence-electron chi connectivity index (χ1n) is 51.2. The number of halogens is 8. The van der Waals surface area contributed by atoms with Gasteiger partial charge in [0.2, 0.25) is 0 Å². The maximum atomic E-state index is 17.3. The van der Waals surface area contributed by atoms with Gasteiger partial charge >= 0.3 is 0 Å². The van der Waals surface area contributed by atoms with Crippen molar-refractivity contribution in [2.45, 2.75) is 183 Å². The Labute approximate surface area is 870 Å². The molecule has 0 aliphatic carbocycles. The quantitative estimate of drug-likeness (QED) is 0.0428. The molecule has 20 aromatic carbocycles. The second kappa shape index (κ2) is 38.3. The van der Waals surface area contributed by atoms with Crippen LogP contribution in [0.15, 0.2) is 340 Å². The Morgan fingerprint density at radius 3 is 0.581 bits per heavy atom. The van der Waals surface area contributed by atoms with Gasteiger partial charge in [-0.15, -0.1) is 0 Å². The van der Waals surface area contributed by atoms with Crippen LogP contribution in [0.3, 0.4) is 0 Å². The third-order valence-corrected chi connectivity index (χ3v) is 37.7. The number of rotatable bonds is 20. The zero-order valence-electron chi connectivity index (χ0n) is 89.1. The number of anilines is 12. The minimum Gasteiger partial charge on any atom is -0.307 e. The molecule has 0 atom stereocenters. The molecule has 0 fully saturated rings. The molecular weight excluding hydrogens is 1910 g/mol. The summed E-state index contributed by atoms with van der Waals surface area (Å²) < 4.78 is 136. The molecule has 748 valence electrons. The van der Waals surface area contributed by atoms with Crippen molar-refractivity contribution in [3.8, 4) is 44.5 Å². The molecule has 0 heterocycles. The van der Waals surface area contributed by atoms with Gasteiger partial charge in [0.15, 0.2) is 0 Å². The Morgan fingerprint density at radius 1 is 0.176 bits per heavy atom. The van der Waals surface area contributed by atoms with Crippen LogP contribution in [0.2, 0.25) is 78.6 Å². The maximum Gasteiger partial charge on any atom is 0.148 e. The summed E-state index contributed by atoms with van der Waals surface area (Å²) in [5.74, 6) is -4.42. The van der Waals surface area contributed by atoms with Gasteiger partial charge in [-0.3, -0.25) is 0 Å². The fraction of sp³-hybridized carbons (Fsp3) is 0.212. The third-order valence-electron chi connectivity index (χ3n) is 29.5. The summed E-state index contributed by atoms with van der Waals surface area (Å²) in [6, 6.07) is 107. The summed E-state index contributed by atoms with van der Waals surface area (Å²) in [5, 5.41) is 15.7. The third kappa shape index (κ3) is 19.8. The van der Waals surface area contributed by atoms with Crippen LogP contribution >= 0.6 is 0 Å². The Kier molecular flexibility index (Phi) is 26.5. The monoisotopic (exact) mass is 2030 g/mol. The van der Waals surface area contributed by atoms with Crippen LogP contribution < -0.4 is 40.3 Å². The number of benzene rings is 20. The van der Waals surface area contributed by atoms with E-state index < -0.39 is 78.8 Å². The molecule has 0 aliphatic heterocycles. The van der Waals surface area contributed by atoms with Gasteiger partial charge in [-0.1, -0.05) is 401 Å². The van der Waals surface area contributed by atoms with Gasteiger partial charge in [0.05, 0.1) is 77.8 Å². The van der Waals surface area contributed by atoms with E-state index in [0.29, 0.717) is 67.8 Å². The largest absolute Gasteiger partial charge is 0.307 e. The highest BCUT2D eigenvalue weighted by Gasteiger charge is 2.34. The molecule has 20 aromatic rings. The summed E-state index contributed by atoms with van der Waals surface area (Å²) in [6.45, 7) is 52.8. The Bertz CT molecular complexity index is 7990. The molecule has 0 aromatic heterocycles. The zero-order chi connectivity index (χ0) is 106. The molecule has 4 nitrogen and oxygen atoms in total. The summed E-state index contributed by atoms with van der Waals surface area (Å²) in [4.78, 5) is 7.32. The Morgan fingerprint density at radius 2 is 0.378 bits per heavy atom. The minimum atomic E-state index is -1.73. The van der Waals surface area contributed by atoms with E-state index in [1.165, 1.54) is 69.3 Å². The zero-order valence-corrected chi connectivity index (χ0v) is 93.1. The molecule has 0 saturated heterocycles. The van der Waals surface area contributed by atoms with Gasteiger partial charge in [0.1, 0.15) is 46.5 Å². The van der Waals surface area contributed by atoms with Crippen molar-refractivity contribution in [1.29, 1.82) is 0 Å². The normalized spacial score (nSPS) is 12.6. The van der Waals surface area contributed by atoms with Crippen molar-refractivity contribution >= 4 is 186 Å². The summed E-state index contributed by atoms with van der Waals surface area (Å²) in [6.07, 6.45) is 0. The van der Waals surface area contributed by atoms with E-state index in [0.717, 1.165) is 86.9 Å². The second-order valence-corrected chi connectivity index (χ2v) is 68.5.